The monoisotopic (exact) mass is 492 g/mol. The standard InChI is InChI=1S/C26H31F3N2O4/c1-6-20-14-23(21-12-16(3)8-9-22(21)31(20)25(33)35-7-2)30(24(32)34-5)15-18-10-17(4)11-19(13-18)26(27,28)29/h8-13,20,23H,6-7,14-15H2,1-5H3/t20-,23+/m1/s1. The second-order valence-corrected chi connectivity index (χ2v) is 8.75. The zero-order valence-electron chi connectivity index (χ0n) is 20.6. The number of hydrogen-bond donors (Lipinski definition) is 0. The topological polar surface area (TPSA) is 59.1 Å². The molecule has 2 atom stereocenters. The highest BCUT2D eigenvalue weighted by Crippen LogP contribution is 2.43. The third-order valence-electron chi connectivity index (χ3n) is 6.20. The number of carbonyl (C=O) groups is 2. The second kappa shape index (κ2) is 10.6. The SMILES string of the molecule is CCOC(=O)N1c2ccc(C)cc2[C@@H](N(Cc2cc(C)cc(C(F)(F)F)c2)C(=O)OC)C[C@H]1CC. The van der Waals surface area contributed by atoms with Crippen LogP contribution < -0.4 is 4.90 Å². The molecular weight excluding hydrogens is 461 g/mol. The Morgan fingerprint density at radius 3 is 2.40 bits per heavy atom. The van der Waals surface area contributed by atoms with Crippen LogP contribution in [0, 0.1) is 13.8 Å². The minimum Gasteiger partial charge on any atom is -0.453 e. The fourth-order valence-corrected chi connectivity index (χ4v) is 4.67. The lowest BCUT2D eigenvalue weighted by Gasteiger charge is -2.43. The van der Waals surface area contributed by atoms with Gasteiger partial charge in [-0.15, -0.1) is 0 Å². The Bertz CT molecular complexity index is 1090. The molecule has 9 heteroatoms. The fraction of sp³-hybridized carbons (Fsp3) is 0.462. The normalized spacial score (nSPS) is 17.5. The van der Waals surface area contributed by atoms with Crippen LogP contribution in [0.5, 0.6) is 0 Å². The molecule has 0 saturated carbocycles. The van der Waals surface area contributed by atoms with E-state index in [4.69, 9.17) is 9.47 Å². The van der Waals surface area contributed by atoms with E-state index >= 15 is 0 Å². The molecule has 0 saturated heterocycles. The summed E-state index contributed by atoms with van der Waals surface area (Å²) in [6.45, 7) is 7.30. The van der Waals surface area contributed by atoms with E-state index in [0.29, 0.717) is 29.7 Å². The summed E-state index contributed by atoms with van der Waals surface area (Å²) in [6.07, 6.45) is -4.64. The molecule has 1 heterocycles. The van der Waals surface area contributed by atoms with E-state index in [9.17, 15) is 22.8 Å². The molecule has 0 aromatic heterocycles. The second-order valence-electron chi connectivity index (χ2n) is 8.75. The maximum absolute atomic E-state index is 13.4. The molecule has 2 amide bonds. The van der Waals surface area contributed by atoms with Gasteiger partial charge in [0, 0.05) is 12.6 Å². The van der Waals surface area contributed by atoms with Crippen LogP contribution in [0.1, 0.15) is 60.5 Å². The first kappa shape index (κ1) is 26.4. The smallest absolute Gasteiger partial charge is 0.416 e. The average Bonchev–Trinajstić information content (AvgIpc) is 2.80. The van der Waals surface area contributed by atoms with Crippen molar-refractivity contribution in [1.29, 1.82) is 0 Å². The van der Waals surface area contributed by atoms with Crippen molar-refractivity contribution in [2.75, 3.05) is 18.6 Å². The van der Waals surface area contributed by atoms with Crippen LogP contribution in [0.2, 0.25) is 0 Å². The van der Waals surface area contributed by atoms with Gasteiger partial charge in [0.1, 0.15) is 0 Å². The summed E-state index contributed by atoms with van der Waals surface area (Å²) < 4.78 is 50.6. The Balaban J connectivity index is 2.10. The number of alkyl halides is 3. The number of ether oxygens (including phenoxy) is 2. The van der Waals surface area contributed by atoms with E-state index < -0.39 is 30.0 Å². The number of rotatable bonds is 5. The zero-order chi connectivity index (χ0) is 25.9. The Labute approximate surface area is 203 Å². The van der Waals surface area contributed by atoms with Crippen molar-refractivity contribution in [2.24, 2.45) is 0 Å². The summed E-state index contributed by atoms with van der Waals surface area (Å²) in [7, 11) is 1.24. The first-order valence-corrected chi connectivity index (χ1v) is 11.6. The Hall–Kier alpha value is -3.23. The summed E-state index contributed by atoms with van der Waals surface area (Å²) in [6, 6.07) is 8.58. The number of carbonyl (C=O) groups excluding carboxylic acids is 2. The molecule has 0 fully saturated rings. The average molecular weight is 493 g/mol. The van der Waals surface area contributed by atoms with Crippen molar-refractivity contribution in [3.8, 4) is 0 Å². The van der Waals surface area contributed by atoms with Gasteiger partial charge in [0.15, 0.2) is 0 Å². The molecule has 0 aliphatic carbocycles. The van der Waals surface area contributed by atoms with Crippen LogP contribution in [0.25, 0.3) is 0 Å². The van der Waals surface area contributed by atoms with Crippen LogP contribution in [0.15, 0.2) is 36.4 Å². The highest BCUT2D eigenvalue weighted by molar-refractivity contribution is 5.90. The molecule has 1 aliphatic rings. The van der Waals surface area contributed by atoms with Gasteiger partial charge in [-0.1, -0.05) is 36.2 Å². The summed E-state index contributed by atoms with van der Waals surface area (Å²) in [5.74, 6) is 0. The van der Waals surface area contributed by atoms with Crippen LogP contribution in [-0.4, -0.2) is 36.8 Å². The lowest BCUT2D eigenvalue weighted by Crippen LogP contribution is -2.48. The van der Waals surface area contributed by atoms with Crippen LogP contribution >= 0.6 is 0 Å². The van der Waals surface area contributed by atoms with Gasteiger partial charge in [-0.25, -0.2) is 9.59 Å². The Kier molecular flexibility index (Phi) is 7.97. The van der Waals surface area contributed by atoms with Gasteiger partial charge in [-0.2, -0.15) is 13.2 Å². The number of nitrogens with zero attached hydrogens (tertiary/aromatic N) is 2. The molecule has 0 N–H and O–H groups in total. The van der Waals surface area contributed by atoms with Crippen LogP contribution in [-0.2, 0) is 22.2 Å². The maximum atomic E-state index is 13.4. The van der Waals surface area contributed by atoms with Gasteiger partial charge in [-0.05, 0) is 62.9 Å². The quantitative estimate of drug-likeness (QED) is 0.462. The predicted octanol–water partition coefficient (Wildman–Crippen LogP) is 6.78. The largest absolute Gasteiger partial charge is 0.453 e. The van der Waals surface area contributed by atoms with Crippen LogP contribution in [0.4, 0.5) is 28.4 Å². The van der Waals surface area contributed by atoms with Crippen molar-refractivity contribution in [1.82, 2.24) is 4.90 Å². The number of methoxy groups -OCH3 is 1. The van der Waals surface area contributed by atoms with E-state index in [1.807, 2.05) is 32.0 Å². The van der Waals surface area contributed by atoms with Crippen molar-refractivity contribution in [3.05, 3.63) is 64.2 Å². The minimum atomic E-state index is -4.50. The molecule has 2 aromatic carbocycles. The van der Waals surface area contributed by atoms with E-state index in [1.54, 1.807) is 24.8 Å². The first-order valence-electron chi connectivity index (χ1n) is 11.6. The van der Waals surface area contributed by atoms with Crippen molar-refractivity contribution in [3.63, 3.8) is 0 Å². The fourth-order valence-electron chi connectivity index (χ4n) is 4.67. The molecule has 0 radical (unpaired) electrons. The number of fused-ring (bicyclic) bond motifs is 1. The number of halogens is 3. The Morgan fingerprint density at radius 2 is 1.80 bits per heavy atom. The maximum Gasteiger partial charge on any atom is 0.416 e. The number of aryl methyl sites for hydroxylation is 2. The van der Waals surface area contributed by atoms with Gasteiger partial charge in [0.25, 0.3) is 0 Å². The molecule has 6 nitrogen and oxygen atoms in total. The molecule has 2 aromatic rings. The molecule has 0 unspecified atom stereocenters. The highest BCUT2D eigenvalue weighted by Gasteiger charge is 2.40. The molecule has 190 valence electrons. The van der Waals surface area contributed by atoms with Crippen LogP contribution in [0.3, 0.4) is 0 Å². The number of anilines is 1. The minimum absolute atomic E-state index is 0.0781. The van der Waals surface area contributed by atoms with E-state index in [-0.39, 0.29) is 19.2 Å². The third-order valence-corrected chi connectivity index (χ3v) is 6.20. The van der Waals surface area contributed by atoms with E-state index in [2.05, 4.69) is 0 Å². The molecule has 3 rings (SSSR count). The van der Waals surface area contributed by atoms with Gasteiger partial charge in [0.05, 0.1) is 31.0 Å². The van der Waals surface area contributed by atoms with Gasteiger partial charge in [-0.3, -0.25) is 9.80 Å². The summed E-state index contributed by atoms with van der Waals surface area (Å²) in [5.41, 5.74) is 2.28. The van der Waals surface area contributed by atoms with Gasteiger partial charge >= 0.3 is 18.4 Å². The van der Waals surface area contributed by atoms with Gasteiger partial charge in [0.2, 0.25) is 0 Å². The summed E-state index contributed by atoms with van der Waals surface area (Å²) in [4.78, 5) is 28.9. The number of benzene rings is 2. The zero-order valence-corrected chi connectivity index (χ0v) is 20.6. The van der Waals surface area contributed by atoms with E-state index in [0.717, 1.165) is 23.3 Å². The van der Waals surface area contributed by atoms with Crippen molar-refractivity contribution in [2.45, 2.75) is 65.3 Å². The Morgan fingerprint density at radius 1 is 1.09 bits per heavy atom. The first-order chi connectivity index (χ1) is 16.5. The van der Waals surface area contributed by atoms with Crippen molar-refractivity contribution < 1.29 is 32.2 Å². The third kappa shape index (κ3) is 5.71. The molecule has 0 spiro atoms. The summed E-state index contributed by atoms with van der Waals surface area (Å²) >= 11 is 0. The van der Waals surface area contributed by atoms with E-state index in [1.165, 1.54) is 12.0 Å². The number of hydrogen-bond acceptors (Lipinski definition) is 4. The molecule has 1 aliphatic heterocycles. The predicted molar refractivity (Wildman–Crippen MR) is 126 cm³/mol. The molecular formula is C26H31F3N2O4. The lowest BCUT2D eigenvalue weighted by molar-refractivity contribution is -0.137. The lowest BCUT2D eigenvalue weighted by atomic mass is 9.88. The summed E-state index contributed by atoms with van der Waals surface area (Å²) in [5, 5.41) is 0. The van der Waals surface area contributed by atoms with Gasteiger partial charge < -0.3 is 9.47 Å². The highest BCUT2D eigenvalue weighted by atomic mass is 19.4. The number of amides is 2. The molecule has 35 heavy (non-hydrogen) atoms. The molecule has 0 bridgehead atoms. The van der Waals surface area contributed by atoms with Crippen molar-refractivity contribution >= 4 is 17.9 Å².